The van der Waals surface area contributed by atoms with Gasteiger partial charge in [-0.15, -0.1) is 0 Å². The van der Waals surface area contributed by atoms with Gasteiger partial charge in [-0.05, 0) is 64.8 Å². The summed E-state index contributed by atoms with van der Waals surface area (Å²) in [5.41, 5.74) is 5.88. The molecule has 0 radical (unpaired) electrons. The van der Waals surface area contributed by atoms with Crippen LogP contribution in [-0.4, -0.2) is 56.1 Å². The van der Waals surface area contributed by atoms with E-state index in [0.29, 0.717) is 5.92 Å². The molecule has 1 atom stereocenters. The number of likely N-dealkylation sites (tertiary alicyclic amines) is 1. The van der Waals surface area contributed by atoms with E-state index in [1.165, 1.54) is 38.9 Å². The quantitative estimate of drug-likeness (QED) is 0.767. The van der Waals surface area contributed by atoms with Crippen molar-refractivity contribution in [2.24, 2.45) is 17.6 Å². The van der Waals surface area contributed by atoms with Gasteiger partial charge >= 0.3 is 0 Å². The summed E-state index contributed by atoms with van der Waals surface area (Å²) in [6, 6.07) is 0.785. The number of nitrogens with two attached hydrogens (primary N) is 1. The molecule has 2 N–H and O–H groups in total. The summed E-state index contributed by atoms with van der Waals surface area (Å²) in [5, 5.41) is 0. The smallest absolute Gasteiger partial charge is 0.0113 e. The topological polar surface area (TPSA) is 32.5 Å². The second kappa shape index (κ2) is 7.34. The molecule has 1 fully saturated rings. The van der Waals surface area contributed by atoms with Crippen molar-refractivity contribution in [3.63, 3.8) is 0 Å². The Morgan fingerprint density at radius 3 is 2.24 bits per heavy atom. The van der Waals surface area contributed by atoms with Gasteiger partial charge in [-0.25, -0.2) is 0 Å². The van der Waals surface area contributed by atoms with Crippen LogP contribution in [0.2, 0.25) is 0 Å². The molecule has 0 aliphatic carbocycles. The van der Waals surface area contributed by atoms with Crippen LogP contribution in [0.3, 0.4) is 0 Å². The summed E-state index contributed by atoms with van der Waals surface area (Å²) < 4.78 is 0. The minimum absolute atomic E-state index is 0.686. The van der Waals surface area contributed by atoms with E-state index in [0.717, 1.165) is 18.5 Å². The number of piperidine rings is 1. The molecule has 0 aromatic carbocycles. The highest BCUT2D eigenvalue weighted by Gasteiger charge is 2.22. The maximum Gasteiger partial charge on any atom is 0.0113 e. The molecule has 0 aromatic rings. The van der Waals surface area contributed by atoms with Gasteiger partial charge in [-0.1, -0.05) is 13.8 Å². The molecule has 1 aliphatic rings. The third kappa shape index (κ3) is 5.36. The molecule has 17 heavy (non-hydrogen) atoms. The van der Waals surface area contributed by atoms with Crippen LogP contribution in [0, 0.1) is 11.8 Å². The summed E-state index contributed by atoms with van der Waals surface area (Å²) in [6.07, 6.45) is 3.89. The van der Waals surface area contributed by atoms with Crippen molar-refractivity contribution in [1.29, 1.82) is 0 Å². The molecule has 0 bridgehead atoms. The van der Waals surface area contributed by atoms with Crippen molar-refractivity contribution in [3.05, 3.63) is 0 Å². The lowest BCUT2D eigenvalue weighted by atomic mass is 9.95. The molecule has 1 rings (SSSR count). The van der Waals surface area contributed by atoms with Gasteiger partial charge in [0.2, 0.25) is 0 Å². The zero-order valence-electron chi connectivity index (χ0n) is 12.2. The van der Waals surface area contributed by atoms with Gasteiger partial charge in [0.1, 0.15) is 0 Å². The van der Waals surface area contributed by atoms with Crippen molar-refractivity contribution >= 4 is 0 Å². The second-order valence-electron chi connectivity index (χ2n) is 6.23. The second-order valence-corrected chi connectivity index (χ2v) is 6.23. The molecule has 102 valence electrons. The van der Waals surface area contributed by atoms with E-state index in [1.54, 1.807) is 0 Å². The highest BCUT2D eigenvalue weighted by Crippen LogP contribution is 2.18. The van der Waals surface area contributed by atoms with Crippen LogP contribution in [0.15, 0.2) is 0 Å². The molecular weight excluding hydrogens is 210 g/mol. The third-order valence-corrected chi connectivity index (χ3v) is 3.94. The van der Waals surface area contributed by atoms with Crippen molar-refractivity contribution in [2.75, 3.05) is 40.3 Å². The largest absolute Gasteiger partial charge is 0.330 e. The van der Waals surface area contributed by atoms with Crippen molar-refractivity contribution in [3.8, 4) is 0 Å². The average molecular weight is 241 g/mol. The number of hydrogen-bond acceptors (Lipinski definition) is 3. The van der Waals surface area contributed by atoms with Gasteiger partial charge in [0, 0.05) is 12.6 Å². The fourth-order valence-corrected chi connectivity index (χ4v) is 2.90. The van der Waals surface area contributed by atoms with Crippen molar-refractivity contribution < 1.29 is 0 Å². The Balaban J connectivity index is 2.28. The van der Waals surface area contributed by atoms with Gasteiger partial charge in [-0.2, -0.15) is 0 Å². The maximum absolute atomic E-state index is 5.88. The number of hydrogen-bond donors (Lipinski definition) is 1. The van der Waals surface area contributed by atoms with Crippen LogP contribution in [0.1, 0.15) is 33.1 Å². The zero-order chi connectivity index (χ0) is 12.8. The summed E-state index contributed by atoms with van der Waals surface area (Å²) in [4.78, 5) is 4.98. The van der Waals surface area contributed by atoms with Gasteiger partial charge in [0.15, 0.2) is 0 Å². The first-order chi connectivity index (χ1) is 8.02. The van der Waals surface area contributed by atoms with Crippen LogP contribution in [0.25, 0.3) is 0 Å². The minimum atomic E-state index is 0.686. The van der Waals surface area contributed by atoms with E-state index in [1.807, 2.05) is 0 Å². The Bertz CT molecular complexity index is 196. The molecule has 1 aliphatic heterocycles. The Labute approximate surface area is 107 Å². The van der Waals surface area contributed by atoms with Gasteiger partial charge < -0.3 is 15.5 Å². The van der Waals surface area contributed by atoms with Crippen LogP contribution in [0.4, 0.5) is 0 Å². The van der Waals surface area contributed by atoms with E-state index < -0.39 is 0 Å². The first-order valence-electron chi connectivity index (χ1n) is 7.11. The lowest BCUT2D eigenvalue weighted by molar-refractivity contribution is 0.126. The number of rotatable bonds is 6. The molecule has 3 heteroatoms. The highest BCUT2D eigenvalue weighted by atomic mass is 15.2. The monoisotopic (exact) mass is 241 g/mol. The minimum Gasteiger partial charge on any atom is -0.330 e. The van der Waals surface area contributed by atoms with Crippen LogP contribution in [0.5, 0.6) is 0 Å². The molecule has 0 spiro atoms. The normalized spacial score (nSPS) is 21.4. The summed E-state index contributed by atoms with van der Waals surface area (Å²) in [5.74, 6) is 1.45. The van der Waals surface area contributed by atoms with Gasteiger partial charge in [-0.3, -0.25) is 0 Å². The molecule has 1 heterocycles. The SMILES string of the molecule is CC(C)CC(CN)CN1CCC(N(C)C)CC1. The molecule has 0 amide bonds. The summed E-state index contributed by atoms with van der Waals surface area (Å²) in [7, 11) is 4.39. The van der Waals surface area contributed by atoms with Crippen LogP contribution in [-0.2, 0) is 0 Å². The Morgan fingerprint density at radius 2 is 1.82 bits per heavy atom. The third-order valence-electron chi connectivity index (χ3n) is 3.94. The predicted octanol–water partition coefficient (Wildman–Crippen LogP) is 1.63. The van der Waals surface area contributed by atoms with Crippen LogP contribution < -0.4 is 5.73 Å². The molecule has 1 unspecified atom stereocenters. The van der Waals surface area contributed by atoms with E-state index in [-0.39, 0.29) is 0 Å². The number of nitrogens with zero attached hydrogens (tertiary/aromatic N) is 2. The summed E-state index contributed by atoms with van der Waals surface area (Å²) in [6.45, 7) is 9.12. The maximum atomic E-state index is 5.88. The van der Waals surface area contributed by atoms with E-state index >= 15 is 0 Å². The molecule has 0 saturated carbocycles. The Hall–Kier alpha value is -0.120. The van der Waals surface area contributed by atoms with E-state index in [9.17, 15) is 0 Å². The van der Waals surface area contributed by atoms with Crippen molar-refractivity contribution in [2.45, 2.75) is 39.2 Å². The summed E-state index contributed by atoms with van der Waals surface area (Å²) >= 11 is 0. The fourth-order valence-electron chi connectivity index (χ4n) is 2.90. The van der Waals surface area contributed by atoms with E-state index in [2.05, 4.69) is 37.7 Å². The van der Waals surface area contributed by atoms with Crippen LogP contribution >= 0.6 is 0 Å². The molecule has 1 saturated heterocycles. The standard InChI is InChI=1S/C14H31N3/c1-12(2)9-13(10-15)11-17-7-5-14(6-8-17)16(3)4/h12-14H,5-11,15H2,1-4H3. The highest BCUT2D eigenvalue weighted by molar-refractivity contribution is 4.78. The van der Waals surface area contributed by atoms with Crippen molar-refractivity contribution in [1.82, 2.24) is 9.80 Å². The average Bonchev–Trinajstić information content (AvgIpc) is 2.28. The van der Waals surface area contributed by atoms with Gasteiger partial charge in [0.25, 0.3) is 0 Å². The first kappa shape index (κ1) is 14.9. The Kier molecular flexibility index (Phi) is 6.45. The lowest BCUT2D eigenvalue weighted by Gasteiger charge is -2.36. The zero-order valence-corrected chi connectivity index (χ0v) is 12.2. The molecular formula is C14H31N3. The molecule has 0 aromatic heterocycles. The fraction of sp³-hybridized carbons (Fsp3) is 1.00. The van der Waals surface area contributed by atoms with Gasteiger partial charge in [0.05, 0.1) is 0 Å². The predicted molar refractivity (Wildman–Crippen MR) is 75.1 cm³/mol. The lowest BCUT2D eigenvalue weighted by Crippen LogP contribution is -2.44. The Morgan fingerprint density at radius 1 is 1.24 bits per heavy atom. The first-order valence-corrected chi connectivity index (χ1v) is 7.11. The van der Waals surface area contributed by atoms with E-state index in [4.69, 9.17) is 5.73 Å². The molecule has 3 nitrogen and oxygen atoms in total.